The number of nitrogens with one attached hydrogen (secondary N) is 2. The van der Waals surface area contributed by atoms with Gasteiger partial charge in [-0.15, -0.1) is 0 Å². The average molecular weight is 473 g/mol. The number of anilines is 3. The Morgan fingerprint density at radius 2 is 1.62 bits per heavy atom. The lowest BCUT2D eigenvalue weighted by Gasteiger charge is -2.32. The molecule has 1 saturated heterocycles. The first-order chi connectivity index (χ1) is 16.5. The molecule has 0 unspecified atom stereocenters. The van der Waals surface area contributed by atoms with E-state index in [-0.39, 0.29) is 6.04 Å². The third-order valence-corrected chi connectivity index (χ3v) is 6.94. The standard InChI is InChI=1S/C27H32N6S/c1-19-9-8-14-32(16-19)24-15-25(33-17-22-12-6-7-13-23(22)18-33)30-26(29-24)31-27(34)28-20(2)21-10-4-3-5-11-21/h3-7,10-13,15,19-20H,8-9,14,16-18H2,1-2H3,(H2,28,29,30,31,34)/t19-,20-/m0/s1. The number of thiocarbonyl (C=S) groups is 1. The Hall–Kier alpha value is -3.19. The van der Waals surface area contributed by atoms with Crippen LogP contribution in [0, 0.1) is 5.92 Å². The quantitative estimate of drug-likeness (QED) is 0.490. The van der Waals surface area contributed by atoms with Crippen LogP contribution < -0.4 is 20.4 Å². The van der Waals surface area contributed by atoms with Crippen molar-refractivity contribution in [3.8, 4) is 0 Å². The molecular weight excluding hydrogens is 440 g/mol. The predicted octanol–water partition coefficient (Wildman–Crippen LogP) is 5.28. The summed E-state index contributed by atoms with van der Waals surface area (Å²) in [5.41, 5.74) is 3.90. The Kier molecular flexibility index (Phi) is 6.63. The number of aromatic nitrogens is 2. The Balaban J connectivity index is 1.38. The molecule has 3 aromatic rings. The fourth-order valence-electron chi connectivity index (χ4n) is 4.85. The van der Waals surface area contributed by atoms with Crippen LogP contribution >= 0.6 is 12.2 Å². The second-order valence-electron chi connectivity index (χ2n) is 9.46. The molecule has 34 heavy (non-hydrogen) atoms. The highest BCUT2D eigenvalue weighted by atomic mass is 32.1. The van der Waals surface area contributed by atoms with E-state index in [2.05, 4.69) is 76.7 Å². The number of piperidine rings is 1. The largest absolute Gasteiger partial charge is 0.356 e. The summed E-state index contributed by atoms with van der Waals surface area (Å²) in [4.78, 5) is 14.5. The van der Waals surface area contributed by atoms with E-state index in [9.17, 15) is 0 Å². The van der Waals surface area contributed by atoms with Gasteiger partial charge in [-0.3, -0.25) is 0 Å². The number of benzene rings is 2. The molecule has 5 rings (SSSR count). The number of hydrogen-bond donors (Lipinski definition) is 2. The minimum atomic E-state index is 0.0832. The Bertz CT molecular complexity index is 1130. The van der Waals surface area contributed by atoms with Gasteiger partial charge in [-0.2, -0.15) is 9.97 Å². The molecule has 7 heteroatoms. The molecular formula is C27H32N6S. The van der Waals surface area contributed by atoms with Gasteiger partial charge in [-0.25, -0.2) is 0 Å². The molecule has 0 saturated carbocycles. The van der Waals surface area contributed by atoms with Gasteiger partial charge in [0.2, 0.25) is 5.95 Å². The van der Waals surface area contributed by atoms with Gasteiger partial charge in [0, 0.05) is 32.2 Å². The average Bonchev–Trinajstić information content (AvgIpc) is 3.29. The van der Waals surface area contributed by atoms with Crippen LogP contribution in [0.1, 0.15) is 49.4 Å². The molecule has 0 aliphatic carbocycles. The lowest BCUT2D eigenvalue weighted by atomic mass is 10.0. The van der Waals surface area contributed by atoms with Crippen LogP contribution in [0.2, 0.25) is 0 Å². The number of rotatable bonds is 5. The molecule has 176 valence electrons. The van der Waals surface area contributed by atoms with Gasteiger partial charge in [0.1, 0.15) is 11.6 Å². The second kappa shape index (κ2) is 9.97. The molecule has 2 aliphatic rings. The summed E-state index contributed by atoms with van der Waals surface area (Å²) in [5.74, 6) is 3.10. The van der Waals surface area contributed by atoms with Crippen LogP contribution in [0.4, 0.5) is 17.6 Å². The topological polar surface area (TPSA) is 56.3 Å². The normalized spacial score (nSPS) is 18.4. The summed E-state index contributed by atoms with van der Waals surface area (Å²) in [6.45, 7) is 8.17. The van der Waals surface area contributed by atoms with Gasteiger partial charge in [-0.1, -0.05) is 61.5 Å². The van der Waals surface area contributed by atoms with E-state index >= 15 is 0 Å². The van der Waals surface area contributed by atoms with Crippen LogP contribution in [0.25, 0.3) is 0 Å². The number of hydrogen-bond acceptors (Lipinski definition) is 5. The predicted molar refractivity (Wildman–Crippen MR) is 143 cm³/mol. The fraction of sp³-hybridized carbons (Fsp3) is 0.370. The first-order valence-electron chi connectivity index (χ1n) is 12.1. The highest BCUT2D eigenvalue weighted by Crippen LogP contribution is 2.31. The SMILES string of the molecule is C[C@H]1CCCN(c2cc(N3Cc4ccccc4C3)nc(NC(=S)N[C@@H](C)c3ccccc3)n2)C1. The maximum absolute atomic E-state index is 5.64. The van der Waals surface area contributed by atoms with Gasteiger partial charge in [-0.05, 0) is 54.6 Å². The Morgan fingerprint density at radius 1 is 0.971 bits per heavy atom. The maximum atomic E-state index is 5.64. The van der Waals surface area contributed by atoms with E-state index in [4.69, 9.17) is 22.2 Å². The summed E-state index contributed by atoms with van der Waals surface area (Å²) in [7, 11) is 0. The molecule has 0 amide bonds. The van der Waals surface area contributed by atoms with Crippen molar-refractivity contribution in [1.82, 2.24) is 15.3 Å². The van der Waals surface area contributed by atoms with Crippen LogP contribution in [0.5, 0.6) is 0 Å². The lowest BCUT2D eigenvalue weighted by Crippen LogP contribution is -2.36. The molecule has 1 fully saturated rings. The van der Waals surface area contributed by atoms with Crippen molar-refractivity contribution in [2.45, 2.75) is 45.8 Å². The fourth-order valence-corrected chi connectivity index (χ4v) is 5.12. The van der Waals surface area contributed by atoms with Crippen LogP contribution in [0.3, 0.4) is 0 Å². The summed E-state index contributed by atoms with van der Waals surface area (Å²) < 4.78 is 0. The van der Waals surface area contributed by atoms with Gasteiger partial charge in [0.05, 0.1) is 6.04 Å². The van der Waals surface area contributed by atoms with E-state index < -0.39 is 0 Å². The zero-order valence-electron chi connectivity index (χ0n) is 19.9. The van der Waals surface area contributed by atoms with E-state index in [1.807, 2.05) is 18.2 Å². The molecule has 2 aromatic carbocycles. The van der Waals surface area contributed by atoms with E-state index in [1.54, 1.807) is 0 Å². The molecule has 2 N–H and O–H groups in total. The highest BCUT2D eigenvalue weighted by molar-refractivity contribution is 7.80. The van der Waals surface area contributed by atoms with Crippen molar-refractivity contribution < 1.29 is 0 Å². The van der Waals surface area contributed by atoms with Crippen molar-refractivity contribution in [2.75, 3.05) is 28.2 Å². The first-order valence-corrected chi connectivity index (χ1v) is 12.5. The van der Waals surface area contributed by atoms with E-state index in [0.29, 0.717) is 17.0 Å². The molecule has 2 aliphatic heterocycles. The lowest BCUT2D eigenvalue weighted by molar-refractivity contribution is 0.444. The third-order valence-electron chi connectivity index (χ3n) is 6.72. The summed E-state index contributed by atoms with van der Waals surface area (Å²) in [6.07, 6.45) is 2.46. The van der Waals surface area contributed by atoms with Crippen molar-refractivity contribution in [1.29, 1.82) is 0 Å². The van der Waals surface area contributed by atoms with Crippen molar-refractivity contribution in [3.05, 3.63) is 77.4 Å². The third kappa shape index (κ3) is 5.14. The molecule has 0 radical (unpaired) electrons. The van der Waals surface area contributed by atoms with E-state index in [0.717, 1.165) is 37.8 Å². The van der Waals surface area contributed by atoms with Crippen molar-refractivity contribution in [2.24, 2.45) is 5.92 Å². The molecule has 0 bridgehead atoms. The van der Waals surface area contributed by atoms with Crippen LogP contribution in [-0.4, -0.2) is 28.2 Å². The molecule has 1 aromatic heterocycles. The zero-order chi connectivity index (χ0) is 23.5. The summed E-state index contributed by atoms with van der Waals surface area (Å²) in [5, 5.41) is 7.15. The molecule has 6 nitrogen and oxygen atoms in total. The van der Waals surface area contributed by atoms with Gasteiger partial charge >= 0.3 is 0 Å². The monoisotopic (exact) mass is 472 g/mol. The van der Waals surface area contributed by atoms with Gasteiger partial charge in [0.15, 0.2) is 5.11 Å². The number of fused-ring (bicyclic) bond motifs is 1. The molecule has 0 spiro atoms. The minimum absolute atomic E-state index is 0.0832. The Labute approximate surface area is 207 Å². The number of nitrogens with zero attached hydrogens (tertiary/aromatic N) is 4. The molecule has 3 heterocycles. The first kappa shape index (κ1) is 22.6. The smallest absolute Gasteiger partial charge is 0.232 e. The van der Waals surface area contributed by atoms with Crippen molar-refractivity contribution >= 4 is 34.9 Å². The van der Waals surface area contributed by atoms with E-state index in [1.165, 1.54) is 29.5 Å². The van der Waals surface area contributed by atoms with Gasteiger partial charge < -0.3 is 20.4 Å². The Morgan fingerprint density at radius 3 is 2.29 bits per heavy atom. The highest BCUT2D eigenvalue weighted by Gasteiger charge is 2.24. The second-order valence-corrected chi connectivity index (χ2v) is 9.87. The van der Waals surface area contributed by atoms with Gasteiger partial charge in [0.25, 0.3) is 0 Å². The van der Waals surface area contributed by atoms with Crippen LogP contribution in [0.15, 0.2) is 60.7 Å². The van der Waals surface area contributed by atoms with Crippen molar-refractivity contribution in [3.63, 3.8) is 0 Å². The van der Waals surface area contributed by atoms with Crippen LogP contribution in [-0.2, 0) is 13.1 Å². The molecule has 2 atom stereocenters. The minimum Gasteiger partial charge on any atom is -0.356 e. The maximum Gasteiger partial charge on any atom is 0.232 e. The summed E-state index contributed by atoms with van der Waals surface area (Å²) >= 11 is 5.64. The summed E-state index contributed by atoms with van der Waals surface area (Å²) in [6, 6.07) is 21.1. The zero-order valence-corrected chi connectivity index (χ0v) is 20.7.